The van der Waals surface area contributed by atoms with E-state index in [0.717, 1.165) is 37.2 Å². The third-order valence-electron chi connectivity index (χ3n) is 3.53. The molecule has 0 radical (unpaired) electrons. The molecule has 3 nitrogen and oxygen atoms in total. The lowest BCUT2D eigenvalue weighted by Gasteiger charge is -2.30. The number of carbonyl (C=O) groups excluding carboxylic acids is 1. The molecular weight excluding hydrogens is 260 g/mol. The van der Waals surface area contributed by atoms with Gasteiger partial charge < -0.3 is 10.2 Å². The molecule has 104 valence electrons. The van der Waals surface area contributed by atoms with Gasteiger partial charge in [-0.05, 0) is 50.8 Å². The number of benzene rings is 1. The fraction of sp³-hybridized carbons (Fsp3) is 0.533. The Kier molecular flexibility index (Phi) is 4.70. The maximum Gasteiger partial charge on any atom is 0.244 e. The van der Waals surface area contributed by atoms with E-state index >= 15 is 0 Å². The van der Waals surface area contributed by atoms with Crippen LogP contribution in [0.4, 0.5) is 5.69 Å². The van der Waals surface area contributed by atoms with Crippen LogP contribution in [0.1, 0.15) is 31.7 Å². The summed E-state index contributed by atoms with van der Waals surface area (Å²) in [4.78, 5) is 14.2. The SMILES string of the molecule is Cc1ccc(NC(C)C(=O)N2CCCCC2)c(Cl)c1. The van der Waals surface area contributed by atoms with Gasteiger partial charge in [-0.1, -0.05) is 17.7 Å². The molecule has 1 atom stereocenters. The Bertz CT molecular complexity index is 455. The molecule has 0 saturated carbocycles. The van der Waals surface area contributed by atoms with E-state index in [1.165, 1.54) is 6.42 Å². The topological polar surface area (TPSA) is 32.3 Å². The highest BCUT2D eigenvalue weighted by Gasteiger charge is 2.22. The number of nitrogens with one attached hydrogen (secondary N) is 1. The zero-order valence-electron chi connectivity index (χ0n) is 11.6. The predicted molar refractivity (Wildman–Crippen MR) is 79.7 cm³/mol. The van der Waals surface area contributed by atoms with Crippen molar-refractivity contribution in [1.82, 2.24) is 4.90 Å². The van der Waals surface area contributed by atoms with Crippen molar-refractivity contribution in [3.8, 4) is 0 Å². The molecule has 1 saturated heterocycles. The normalized spacial score (nSPS) is 17.1. The number of amides is 1. The standard InChI is InChI=1S/C15H21ClN2O/c1-11-6-7-14(13(16)10-11)17-12(2)15(19)18-8-4-3-5-9-18/h6-7,10,12,17H,3-5,8-9H2,1-2H3. The zero-order valence-corrected chi connectivity index (χ0v) is 12.3. The largest absolute Gasteiger partial charge is 0.373 e. The number of aryl methyl sites for hydroxylation is 1. The van der Waals surface area contributed by atoms with Crippen LogP contribution in [0.15, 0.2) is 18.2 Å². The average Bonchev–Trinajstić information content (AvgIpc) is 2.42. The molecule has 1 N–H and O–H groups in total. The number of carbonyl (C=O) groups is 1. The van der Waals surface area contributed by atoms with E-state index in [-0.39, 0.29) is 11.9 Å². The van der Waals surface area contributed by atoms with Crippen LogP contribution in [0.3, 0.4) is 0 Å². The summed E-state index contributed by atoms with van der Waals surface area (Å²) >= 11 is 6.18. The summed E-state index contributed by atoms with van der Waals surface area (Å²) in [5.41, 5.74) is 1.94. The Labute approximate surface area is 119 Å². The van der Waals surface area contributed by atoms with E-state index < -0.39 is 0 Å². The lowest BCUT2D eigenvalue weighted by Crippen LogP contribution is -2.43. The number of hydrogen-bond acceptors (Lipinski definition) is 2. The molecule has 1 aliphatic heterocycles. The van der Waals surface area contributed by atoms with Crippen molar-refractivity contribution in [2.45, 2.75) is 39.2 Å². The summed E-state index contributed by atoms with van der Waals surface area (Å²) in [6, 6.07) is 5.59. The van der Waals surface area contributed by atoms with Crippen molar-refractivity contribution in [2.24, 2.45) is 0 Å². The number of likely N-dealkylation sites (tertiary alicyclic amines) is 1. The summed E-state index contributed by atoms with van der Waals surface area (Å²) in [5.74, 6) is 0.163. The van der Waals surface area contributed by atoms with Crippen molar-refractivity contribution in [2.75, 3.05) is 18.4 Å². The molecule has 0 aromatic heterocycles. The quantitative estimate of drug-likeness (QED) is 0.920. The first-order chi connectivity index (χ1) is 9.08. The second-order valence-electron chi connectivity index (χ2n) is 5.24. The number of piperidine rings is 1. The predicted octanol–water partition coefficient (Wildman–Crippen LogP) is 3.46. The van der Waals surface area contributed by atoms with Gasteiger partial charge in [0.15, 0.2) is 0 Å². The lowest BCUT2D eigenvalue weighted by molar-refractivity contribution is -0.132. The second kappa shape index (κ2) is 6.29. The van der Waals surface area contributed by atoms with E-state index in [9.17, 15) is 4.79 Å². The van der Waals surface area contributed by atoms with Gasteiger partial charge >= 0.3 is 0 Å². The maximum absolute atomic E-state index is 12.3. The Morgan fingerprint density at radius 1 is 1.32 bits per heavy atom. The third kappa shape index (κ3) is 3.63. The molecule has 0 spiro atoms. The van der Waals surface area contributed by atoms with Crippen LogP contribution >= 0.6 is 11.6 Å². The smallest absolute Gasteiger partial charge is 0.244 e. The number of anilines is 1. The van der Waals surface area contributed by atoms with Gasteiger partial charge in [-0.2, -0.15) is 0 Å². The average molecular weight is 281 g/mol. The molecule has 0 aliphatic carbocycles. The molecule has 1 unspecified atom stereocenters. The van der Waals surface area contributed by atoms with Crippen molar-refractivity contribution >= 4 is 23.2 Å². The maximum atomic E-state index is 12.3. The molecule has 1 heterocycles. The summed E-state index contributed by atoms with van der Waals surface area (Å²) in [7, 11) is 0. The first-order valence-corrected chi connectivity index (χ1v) is 7.27. The highest BCUT2D eigenvalue weighted by Crippen LogP contribution is 2.23. The summed E-state index contributed by atoms with van der Waals surface area (Å²) in [5, 5.41) is 3.88. The number of hydrogen-bond donors (Lipinski definition) is 1. The summed E-state index contributed by atoms with van der Waals surface area (Å²) in [6.07, 6.45) is 3.46. The van der Waals surface area contributed by atoms with Crippen molar-refractivity contribution < 1.29 is 4.79 Å². The minimum absolute atomic E-state index is 0.163. The summed E-state index contributed by atoms with van der Waals surface area (Å²) in [6.45, 7) is 5.66. The lowest BCUT2D eigenvalue weighted by atomic mass is 10.1. The van der Waals surface area contributed by atoms with E-state index in [4.69, 9.17) is 11.6 Å². The van der Waals surface area contributed by atoms with E-state index in [0.29, 0.717) is 5.02 Å². The molecule has 1 aromatic rings. The molecule has 1 fully saturated rings. The van der Waals surface area contributed by atoms with Crippen molar-refractivity contribution in [3.63, 3.8) is 0 Å². The number of halogens is 1. The highest BCUT2D eigenvalue weighted by atomic mass is 35.5. The van der Waals surface area contributed by atoms with Crippen LogP contribution in [0.25, 0.3) is 0 Å². The molecule has 2 rings (SSSR count). The summed E-state index contributed by atoms with van der Waals surface area (Å²) < 4.78 is 0. The first-order valence-electron chi connectivity index (χ1n) is 6.89. The second-order valence-corrected chi connectivity index (χ2v) is 5.64. The molecule has 1 amide bonds. The van der Waals surface area contributed by atoms with Gasteiger partial charge in [-0.25, -0.2) is 0 Å². The van der Waals surface area contributed by atoms with E-state index in [1.807, 2.05) is 36.9 Å². The monoisotopic (exact) mass is 280 g/mol. The Hall–Kier alpha value is -1.22. The Morgan fingerprint density at radius 3 is 2.63 bits per heavy atom. The van der Waals surface area contributed by atoms with Crippen LogP contribution in [0.5, 0.6) is 0 Å². The molecule has 4 heteroatoms. The van der Waals surface area contributed by atoms with E-state index in [2.05, 4.69) is 5.32 Å². The van der Waals surface area contributed by atoms with Crippen LogP contribution in [-0.2, 0) is 4.79 Å². The van der Waals surface area contributed by atoms with Gasteiger partial charge in [0.2, 0.25) is 5.91 Å². The van der Waals surface area contributed by atoms with Crippen LogP contribution in [-0.4, -0.2) is 29.9 Å². The highest BCUT2D eigenvalue weighted by molar-refractivity contribution is 6.33. The third-order valence-corrected chi connectivity index (χ3v) is 3.85. The zero-order chi connectivity index (χ0) is 13.8. The van der Waals surface area contributed by atoms with Crippen LogP contribution < -0.4 is 5.32 Å². The van der Waals surface area contributed by atoms with Crippen LogP contribution in [0.2, 0.25) is 5.02 Å². The molecule has 19 heavy (non-hydrogen) atoms. The van der Waals surface area contributed by atoms with E-state index in [1.54, 1.807) is 0 Å². The number of nitrogens with zero attached hydrogens (tertiary/aromatic N) is 1. The molecule has 0 bridgehead atoms. The molecular formula is C15H21ClN2O. The fourth-order valence-corrected chi connectivity index (χ4v) is 2.71. The van der Waals surface area contributed by atoms with Crippen molar-refractivity contribution in [1.29, 1.82) is 0 Å². The Morgan fingerprint density at radius 2 is 2.00 bits per heavy atom. The first kappa shape index (κ1) is 14.2. The minimum Gasteiger partial charge on any atom is -0.373 e. The van der Waals surface area contributed by atoms with Gasteiger partial charge in [-0.15, -0.1) is 0 Å². The van der Waals surface area contributed by atoms with Gasteiger partial charge in [0, 0.05) is 13.1 Å². The van der Waals surface area contributed by atoms with Gasteiger partial charge in [0.05, 0.1) is 10.7 Å². The number of rotatable bonds is 3. The Balaban J connectivity index is 1.99. The van der Waals surface area contributed by atoms with Crippen LogP contribution in [0, 0.1) is 6.92 Å². The van der Waals surface area contributed by atoms with Crippen molar-refractivity contribution in [3.05, 3.63) is 28.8 Å². The van der Waals surface area contributed by atoms with Gasteiger partial charge in [0.1, 0.15) is 6.04 Å². The van der Waals surface area contributed by atoms with Gasteiger partial charge in [-0.3, -0.25) is 4.79 Å². The van der Waals surface area contributed by atoms with Gasteiger partial charge in [0.25, 0.3) is 0 Å². The molecule has 1 aliphatic rings. The minimum atomic E-state index is -0.238. The molecule has 1 aromatic carbocycles. The fourth-order valence-electron chi connectivity index (χ4n) is 2.42.